The van der Waals surface area contributed by atoms with Crippen molar-refractivity contribution in [3.05, 3.63) is 29.8 Å². The topological polar surface area (TPSA) is 38.3 Å². The van der Waals surface area contributed by atoms with Crippen LogP contribution < -0.4 is 5.32 Å². The normalized spacial score (nSPS) is 12.2. The molecule has 1 aromatic rings. The zero-order valence-corrected chi connectivity index (χ0v) is 12.8. The van der Waals surface area contributed by atoms with Crippen LogP contribution in [0.1, 0.15) is 25.3 Å². The van der Waals surface area contributed by atoms with Crippen molar-refractivity contribution in [2.45, 2.75) is 37.6 Å². The highest BCUT2D eigenvalue weighted by Gasteiger charge is 2.17. The third kappa shape index (κ3) is 6.12. The molecule has 0 saturated heterocycles. The summed E-state index contributed by atoms with van der Waals surface area (Å²) >= 11 is 1.77. The van der Waals surface area contributed by atoms with Crippen LogP contribution in [-0.4, -0.2) is 31.4 Å². The van der Waals surface area contributed by atoms with Gasteiger partial charge in [-0.3, -0.25) is 4.79 Å². The number of rotatable bonds is 8. The van der Waals surface area contributed by atoms with E-state index in [1.165, 1.54) is 17.6 Å². The summed E-state index contributed by atoms with van der Waals surface area (Å²) in [6.45, 7) is 5.01. The largest absolute Gasteiger partial charge is 0.468 e. The second-order valence-electron chi connectivity index (χ2n) is 4.48. The molecule has 4 heteroatoms. The summed E-state index contributed by atoms with van der Waals surface area (Å²) in [6.07, 6.45) is 1.80. The van der Waals surface area contributed by atoms with Gasteiger partial charge in [0.15, 0.2) is 0 Å². The minimum absolute atomic E-state index is 0.169. The monoisotopic (exact) mass is 281 g/mol. The first-order chi connectivity index (χ1) is 9.17. The first-order valence-electron chi connectivity index (χ1n) is 6.68. The van der Waals surface area contributed by atoms with E-state index in [1.54, 1.807) is 11.8 Å². The molecule has 1 unspecified atom stereocenters. The molecule has 106 valence electrons. The van der Waals surface area contributed by atoms with Gasteiger partial charge in [-0.25, -0.2) is 0 Å². The number of aryl methyl sites for hydroxylation is 1. The van der Waals surface area contributed by atoms with Gasteiger partial charge in [0.05, 0.1) is 7.11 Å². The smallest absolute Gasteiger partial charge is 0.322 e. The molecule has 19 heavy (non-hydrogen) atoms. The quantitative estimate of drug-likeness (QED) is 0.587. The van der Waals surface area contributed by atoms with Gasteiger partial charge < -0.3 is 10.1 Å². The summed E-state index contributed by atoms with van der Waals surface area (Å²) in [6, 6.07) is 8.26. The fourth-order valence-electron chi connectivity index (χ4n) is 1.69. The van der Waals surface area contributed by atoms with Crippen molar-refractivity contribution < 1.29 is 9.53 Å². The number of carbonyl (C=O) groups is 1. The Morgan fingerprint density at radius 2 is 2.05 bits per heavy atom. The summed E-state index contributed by atoms with van der Waals surface area (Å²) in [5, 5.41) is 3.23. The first kappa shape index (κ1) is 16.1. The molecule has 1 atom stereocenters. The molecule has 0 amide bonds. The molecule has 0 aliphatic heterocycles. The van der Waals surface area contributed by atoms with Crippen LogP contribution in [0.5, 0.6) is 0 Å². The van der Waals surface area contributed by atoms with Crippen molar-refractivity contribution in [3.8, 4) is 0 Å². The zero-order chi connectivity index (χ0) is 14.1. The van der Waals surface area contributed by atoms with Crippen molar-refractivity contribution >= 4 is 17.7 Å². The highest BCUT2D eigenvalue weighted by Crippen LogP contribution is 2.19. The van der Waals surface area contributed by atoms with Crippen LogP contribution in [0.3, 0.4) is 0 Å². The Kier molecular flexibility index (Phi) is 7.60. The molecule has 0 spiro atoms. The minimum atomic E-state index is -0.192. The van der Waals surface area contributed by atoms with Gasteiger partial charge in [-0.15, -0.1) is 11.8 Å². The fourth-order valence-corrected chi connectivity index (χ4v) is 2.61. The van der Waals surface area contributed by atoms with E-state index in [2.05, 4.69) is 43.4 Å². The average Bonchev–Trinajstić information content (AvgIpc) is 2.43. The van der Waals surface area contributed by atoms with Gasteiger partial charge in [0.25, 0.3) is 0 Å². The number of esters is 1. The second kappa shape index (κ2) is 8.99. The maximum absolute atomic E-state index is 11.6. The van der Waals surface area contributed by atoms with E-state index >= 15 is 0 Å². The number of hydrogen-bond acceptors (Lipinski definition) is 4. The molecule has 1 aromatic carbocycles. The maximum Gasteiger partial charge on any atom is 0.322 e. The van der Waals surface area contributed by atoms with Crippen molar-refractivity contribution in [2.24, 2.45) is 0 Å². The van der Waals surface area contributed by atoms with Gasteiger partial charge in [-0.1, -0.05) is 24.6 Å². The number of hydrogen-bond donors (Lipinski definition) is 1. The number of thioether (sulfide) groups is 1. The molecular weight excluding hydrogens is 258 g/mol. The number of benzene rings is 1. The van der Waals surface area contributed by atoms with Crippen molar-refractivity contribution in [2.75, 3.05) is 19.4 Å². The SMILES string of the molecule is CCCNC(CCSc1ccc(C)cc1)C(=O)OC. The predicted octanol–water partition coefficient (Wildman–Crippen LogP) is 3.02. The van der Waals surface area contributed by atoms with Gasteiger partial charge >= 0.3 is 5.97 Å². The van der Waals surface area contributed by atoms with E-state index in [9.17, 15) is 4.79 Å². The molecule has 0 heterocycles. The van der Waals surface area contributed by atoms with Gasteiger partial charge in [-0.05, 0) is 38.4 Å². The van der Waals surface area contributed by atoms with E-state index in [1.807, 2.05) is 0 Å². The van der Waals surface area contributed by atoms with Crippen LogP contribution in [0.25, 0.3) is 0 Å². The molecule has 0 aromatic heterocycles. The minimum Gasteiger partial charge on any atom is -0.468 e. The molecule has 0 saturated carbocycles. The van der Waals surface area contributed by atoms with Gasteiger partial charge in [0.1, 0.15) is 6.04 Å². The van der Waals surface area contributed by atoms with E-state index in [4.69, 9.17) is 4.74 Å². The summed E-state index contributed by atoms with van der Waals surface area (Å²) in [5.41, 5.74) is 1.27. The third-order valence-electron chi connectivity index (χ3n) is 2.82. The number of nitrogens with one attached hydrogen (secondary N) is 1. The number of ether oxygens (including phenoxy) is 1. The number of carbonyl (C=O) groups excluding carboxylic acids is 1. The molecule has 1 rings (SSSR count). The van der Waals surface area contributed by atoms with E-state index < -0.39 is 0 Å². The Hall–Kier alpha value is -1.00. The zero-order valence-electron chi connectivity index (χ0n) is 11.9. The van der Waals surface area contributed by atoms with Gasteiger partial charge in [0, 0.05) is 10.6 Å². The Bertz CT molecular complexity index is 378. The van der Waals surface area contributed by atoms with E-state index in [-0.39, 0.29) is 12.0 Å². The summed E-state index contributed by atoms with van der Waals surface area (Å²) < 4.78 is 4.82. The molecule has 0 aliphatic rings. The summed E-state index contributed by atoms with van der Waals surface area (Å²) in [5.74, 6) is 0.734. The van der Waals surface area contributed by atoms with Crippen LogP contribution in [0, 0.1) is 6.92 Å². The van der Waals surface area contributed by atoms with Gasteiger partial charge in [0.2, 0.25) is 0 Å². The predicted molar refractivity (Wildman–Crippen MR) is 80.6 cm³/mol. The van der Waals surface area contributed by atoms with Crippen LogP contribution in [0.4, 0.5) is 0 Å². The molecule has 3 nitrogen and oxygen atoms in total. The van der Waals surface area contributed by atoms with Crippen molar-refractivity contribution in [3.63, 3.8) is 0 Å². The Morgan fingerprint density at radius 1 is 1.37 bits per heavy atom. The lowest BCUT2D eigenvalue weighted by atomic mass is 10.2. The Balaban J connectivity index is 2.38. The maximum atomic E-state index is 11.6. The molecule has 0 bridgehead atoms. The molecule has 0 fully saturated rings. The second-order valence-corrected chi connectivity index (χ2v) is 5.65. The van der Waals surface area contributed by atoms with E-state index in [0.29, 0.717) is 0 Å². The third-order valence-corrected chi connectivity index (χ3v) is 3.87. The fraction of sp³-hybridized carbons (Fsp3) is 0.533. The van der Waals surface area contributed by atoms with Crippen molar-refractivity contribution in [1.82, 2.24) is 5.32 Å². The molecular formula is C15H23NO2S. The lowest BCUT2D eigenvalue weighted by Gasteiger charge is -2.15. The molecule has 0 radical (unpaired) electrons. The van der Waals surface area contributed by atoms with Crippen LogP contribution in [0.15, 0.2) is 29.2 Å². The standard InChI is InChI=1S/C15H23NO2S/c1-4-10-16-14(15(17)18-3)9-11-19-13-7-5-12(2)6-8-13/h5-8,14,16H,4,9-11H2,1-3H3. The van der Waals surface area contributed by atoms with Crippen LogP contribution in [0.2, 0.25) is 0 Å². The molecule has 1 N–H and O–H groups in total. The average molecular weight is 281 g/mol. The van der Waals surface area contributed by atoms with Crippen LogP contribution in [-0.2, 0) is 9.53 Å². The first-order valence-corrected chi connectivity index (χ1v) is 7.66. The lowest BCUT2D eigenvalue weighted by molar-refractivity contribution is -0.143. The number of methoxy groups -OCH3 is 1. The highest BCUT2D eigenvalue weighted by atomic mass is 32.2. The summed E-state index contributed by atoms with van der Waals surface area (Å²) in [4.78, 5) is 12.9. The van der Waals surface area contributed by atoms with E-state index in [0.717, 1.165) is 25.1 Å². The Labute approximate surface area is 120 Å². The Morgan fingerprint density at radius 3 is 2.63 bits per heavy atom. The lowest BCUT2D eigenvalue weighted by Crippen LogP contribution is -2.38. The highest BCUT2D eigenvalue weighted by molar-refractivity contribution is 7.99. The van der Waals surface area contributed by atoms with Crippen molar-refractivity contribution in [1.29, 1.82) is 0 Å². The molecule has 0 aliphatic carbocycles. The van der Waals surface area contributed by atoms with Gasteiger partial charge in [-0.2, -0.15) is 0 Å². The summed E-state index contributed by atoms with van der Waals surface area (Å²) in [7, 11) is 1.44. The van der Waals surface area contributed by atoms with Crippen LogP contribution >= 0.6 is 11.8 Å².